The molecule has 0 amide bonds. The summed E-state index contributed by atoms with van der Waals surface area (Å²) in [7, 11) is 0. The number of nitrogens with one attached hydrogen (secondary N) is 2. The van der Waals surface area contributed by atoms with E-state index in [1.807, 2.05) is 19.1 Å². The van der Waals surface area contributed by atoms with Crippen LogP contribution in [0.4, 0.5) is 0 Å². The molecule has 0 bridgehead atoms. The third-order valence-corrected chi connectivity index (χ3v) is 2.59. The standard InChI is InChI=1S/C10H14N2O/c1-7-2-3-9(10(13)12-7)8-4-5-11-6-8/h2-3,8,11H,4-6H2,1H3,(H,12,13). The van der Waals surface area contributed by atoms with Crippen LogP contribution in [0.25, 0.3) is 0 Å². The molecule has 1 aromatic rings. The van der Waals surface area contributed by atoms with Gasteiger partial charge in [-0.15, -0.1) is 0 Å². The van der Waals surface area contributed by atoms with Crippen molar-refractivity contribution >= 4 is 0 Å². The van der Waals surface area contributed by atoms with Crippen LogP contribution in [0, 0.1) is 6.92 Å². The maximum Gasteiger partial charge on any atom is 0.251 e. The lowest BCUT2D eigenvalue weighted by atomic mass is 10.00. The summed E-state index contributed by atoms with van der Waals surface area (Å²) in [5, 5.41) is 3.26. The topological polar surface area (TPSA) is 44.9 Å². The summed E-state index contributed by atoms with van der Waals surface area (Å²) in [4.78, 5) is 14.4. The molecule has 2 N–H and O–H groups in total. The number of aryl methyl sites for hydroxylation is 1. The van der Waals surface area contributed by atoms with Gasteiger partial charge in [0.2, 0.25) is 0 Å². The Morgan fingerprint density at radius 1 is 1.46 bits per heavy atom. The third-order valence-electron chi connectivity index (χ3n) is 2.59. The van der Waals surface area contributed by atoms with Crippen LogP contribution in [0.15, 0.2) is 16.9 Å². The van der Waals surface area contributed by atoms with E-state index in [2.05, 4.69) is 10.3 Å². The predicted molar refractivity (Wildman–Crippen MR) is 52.0 cm³/mol. The van der Waals surface area contributed by atoms with Gasteiger partial charge in [0.1, 0.15) is 0 Å². The zero-order chi connectivity index (χ0) is 9.26. The van der Waals surface area contributed by atoms with E-state index < -0.39 is 0 Å². The van der Waals surface area contributed by atoms with E-state index in [-0.39, 0.29) is 5.56 Å². The Morgan fingerprint density at radius 2 is 2.31 bits per heavy atom. The number of rotatable bonds is 1. The second-order valence-corrected chi connectivity index (χ2v) is 3.62. The summed E-state index contributed by atoms with van der Waals surface area (Å²) in [6.45, 7) is 3.86. The molecule has 0 radical (unpaired) electrons. The minimum atomic E-state index is 0.0775. The molecule has 70 valence electrons. The summed E-state index contributed by atoms with van der Waals surface area (Å²) in [5.74, 6) is 0.407. The van der Waals surface area contributed by atoms with E-state index in [0.29, 0.717) is 5.92 Å². The van der Waals surface area contributed by atoms with E-state index >= 15 is 0 Å². The van der Waals surface area contributed by atoms with Crippen LogP contribution in [0.3, 0.4) is 0 Å². The molecule has 13 heavy (non-hydrogen) atoms. The Bertz CT molecular complexity index is 350. The minimum Gasteiger partial charge on any atom is -0.326 e. The Labute approximate surface area is 77.2 Å². The Morgan fingerprint density at radius 3 is 2.92 bits per heavy atom. The fraction of sp³-hybridized carbons (Fsp3) is 0.500. The molecule has 2 rings (SSSR count). The molecule has 1 aliphatic heterocycles. The Hall–Kier alpha value is -1.09. The van der Waals surface area contributed by atoms with Crippen molar-refractivity contribution in [3.63, 3.8) is 0 Å². The van der Waals surface area contributed by atoms with Crippen molar-refractivity contribution in [1.29, 1.82) is 0 Å². The molecular formula is C10H14N2O. The number of H-pyrrole nitrogens is 1. The molecule has 3 nitrogen and oxygen atoms in total. The number of hydrogen-bond donors (Lipinski definition) is 2. The Balaban J connectivity index is 2.34. The van der Waals surface area contributed by atoms with Crippen molar-refractivity contribution in [2.75, 3.05) is 13.1 Å². The van der Waals surface area contributed by atoms with Crippen molar-refractivity contribution < 1.29 is 0 Å². The quantitative estimate of drug-likeness (QED) is 0.667. The van der Waals surface area contributed by atoms with Gasteiger partial charge in [-0.1, -0.05) is 6.07 Å². The van der Waals surface area contributed by atoms with E-state index in [0.717, 1.165) is 30.8 Å². The molecule has 1 unspecified atom stereocenters. The summed E-state index contributed by atoms with van der Waals surface area (Å²) >= 11 is 0. The van der Waals surface area contributed by atoms with Crippen molar-refractivity contribution in [3.05, 3.63) is 33.7 Å². The van der Waals surface area contributed by atoms with Crippen LogP contribution in [0.2, 0.25) is 0 Å². The molecule has 2 heterocycles. The molecule has 0 saturated carbocycles. The van der Waals surface area contributed by atoms with Crippen molar-refractivity contribution in [2.45, 2.75) is 19.3 Å². The molecule has 3 heteroatoms. The van der Waals surface area contributed by atoms with Gasteiger partial charge in [0.05, 0.1) is 0 Å². The molecule has 1 saturated heterocycles. The van der Waals surface area contributed by atoms with Crippen LogP contribution in [0.1, 0.15) is 23.6 Å². The van der Waals surface area contributed by atoms with Crippen LogP contribution in [-0.4, -0.2) is 18.1 Å². The molecule has 0 aliphatic carbocycles. The minimum absolute atomic E-state index is 0.0775. The zero-order valence-electron chi connectivity index (χ0n) is 7.76. The first-order chi connectivity index (χ1) is 6.27. The second kappa shape index (κ2) is 3.34. The molecule has 1 fully saturated rings. The lowest BCUT2D eigenvalue weighted by molar-refractivity contribution is 0.748. The molecular weight excluding hydrogens is 164 g/mol. The first-order valence-corrected chi connectivity index (χ1v) is 4.68. The van der Waals surface area contributed by atoms with Crippen molar-refractivity contribution in [3.8, 4) is 0 Å². The van der Waals surface area contributed by atoms with Gasteiger partial charge < -0.3 is 10.3 Å². The molecule has 1 atom stereocenters. The SMILES string of the molecule is Cc1ccc(C2CCNC2)c(=O)[nH]1. The first kappa shape index (κ1) is 8.51. The average molecular weight is 178 g/mol. The normalized spacial score (nSPS) is 22.1. The highest BCUT2D eigenvalue weighted by Gasteiger charge is 2.18. The highest BCUT2D eigenvalue weighted by Crippen LogP contribution is 2.18. The fourth-order valence-electron chi connectivity index (χ4n) is 1.82. The summed E-state index contributed by atoms with van der Waals surface area (Å²) < 4.78 is 0. The zero-order valence-corrected chi connectivity index (χ0v) is 7.76. The van der Waals surface area contributed by atoms with Gasteiger partial charge >= 0.3 is 0 Å². The maximum absolute atomic E-state index is 11.5. The van der Waals surface area contributed by atoms with Gasteiger partial charge in [0, 0.05) is 23.7 Å². The van der Waals surface area contributed by atoms with Crippen LogP contribution in [-0.2, 0) is 0 Å². The lowest BCUT2D eigenvalue weighted by Crippen LogP contribution is -2.18. The molecule has 1 aromatic heterocycles. The number of aromatic amines is 1. The van der Waals surface area contributed by atoms with Gasteiger partial charge in [0.25, 0.3) is 5.56 Å². The number of pyridine rings is 1. The maximum atomic E-state index is 11.5. The Kier molecular flexibility index (Phi) is 2.19. The van der Waals surface area contributed by atoms with Crippen LogP contribution >= 0.6 is 0 Å². The van der Waals surface area contributed by atoms with E-state index in [1.54, 1.807) is 0 Å². The highest BCUT2D eigenvalue weighted by atomic mass is 16.1. The van der Waals surface area contributed by atoms with Gasteiger partial charge in [-0.05, 0) is 26.0 Å². The highest BCUT2D eigenvalue weighted by molar-refractivity contribution is 5.19. The molecule has 0 spiro atoms. The summed E-state index contributed by atoms with van der Waals surface area (Å²) in [6, 6.07) is 3.92. The smallest absolute Gasteiger partial charge is 0.251 e. The van der Waals surface area contributed by atoms with Crippen molar-refractivity contribution in [1.82, 2.24) is 10.3 Å². The third kappa shape index (κ3) is 1.65. The monoisotopic (exact) mass is 178 g/mol. The van der Waals surface area contributed by atoms with Gasteiger partial charge in [-0.2, -0.15) is 0 Å². The van der Waals surface area contributed by atoms with Crippen LogP contribution < -0.4 is 10.9 Å². The summed E-state index contributed by atoms with van der Waals surface area (Å²) in [5.41, 5.74) is 1.93. The van der Waals surface area contributed by atoms with Gasteiger partial charge in [-0.3, -0.25) is 4.79 Å². The molecule has 1 aliphatic rings. The van der Waals surface area contributed by atoms with E-state index in [1.165, 1.54) is 0 Å². The largest absolute Gasteiger partial charge is 0.326 e. The number of hydrogen-bond acceptors (Lipinski definition) is 2. The van der Waals surface area contributed by atoms with Crippen molar-refractivity contribution in [2.24, 2.45) is 0 Å². The number of aromatic nitrogens is 1. The van der Waals surface area contributed by atoms with E-state index in [4.69, 9.17) is 0 Å². The first-order valence-electron chi connectivity index (χ1n) is 4.68. The fourth-order valence-corrected chi connectivity index (χ4v) is 1.82. The van der Waals surface area contributed by atoms with Gasteiger partial charge in [0.15, 0.2) is 0 Å². The predicted octanol–water partition coefficient (Wildman–Crippen LogP) is 0.760. The van der Waals surface area contributed by atoms with E-state index in [9.17, 15) is 4.79 Å². The summed E-state index contributed by atoms with van der Waals surface area (Å²) in [6.07, 6.45) is 1.08. The average Bonchev–Trinajstić information content (AvgIpc) is 2.56. The lowest BCUT2D eigenvalue weighted by Gasteiger charge is -2.06. The van der Waals surface area contributed by atoms with Crippen LogP contribution in [0.5, 0.6) is 0 Å². The second-order valence-electron chi connectivity index (χ2n) is 3.62. The van der Waals surface area contributed by atoms with Gasteiger partial charge in [-0.25, -0.2) is 0 Å². The molecule has 0 aromatic carbocycles.